The minimum Gasteiger partial charge on any atom is -0.497 e. The fourth-order valence-corrected chi connectivity index (χ4v) is 6.50. The Bertz CT molecular complexity index is 1480. The topological polar surface area (TPSA) is 72.9 Å². The fourth-order valence-electron chi connectivity index (χ4n) is 5.63. The van der Waals surface area contributed by atoms with Crippen LogP contribution in [0.25, 0.3) is 0 Å². The van der Waals surface area contributed by atoms with Gasteiger partial charge in [-0.15, -0.1) is 11.3 Å². The van der Waals surface area contributed by atoms with Gasteiger partial charge in [0.15, 0.2) is 5.78 Å². The van der Waals surface area contributed by atoms with Gasteiger partial charge in [-0.3, -0.25) is 19.3 Å². The summed E-state index contributed by atoms with van der Waals surface area (Å²) in [5.74, 6) is -4.00. The molecule has 0 spiro atoms. The van der Waals surface area contributed by atoms with Crippen molar-refractivity contribution < 1.29 is 37.0 Å². The molecule has 10 heteroatoms. The number of alkyl halides is 3. The molecule has 2 heterocycles. The third kappa shape index (κ3) is 4.92. The highest BCUT2D eigenvalue weighted by Crippen LogP contribution is 2.51. The number of hydrogen-bond donors (Lipinski definition) is 0. The Hall–Kier alpha value is -3.92. The van der Waals surface area contributed by atoms with Crippen molar-refractivity contribution in [3.63, 3.8) is 0 Å². The summed E-state index contributed by atoms with van der Waals surface area (Å²) in [6.07, 6.45) is -4.99. The van der Waals surface area contributed by atoms with Crippen LogP contribution in [0.15, 0.2) is 77.3 Å². The molecular weight excluding hydrogens is 543 g/mol. The molecular formula is C30H26F3NO5S. The Labute approximate surface area is 233 Å². The van der Waals surface area contributed by atoms with Crippen LogP contribution in [0.5, 0.6) is 5.75 Å². The lowest BCUT2D eigenvalue weighted by atomic mass is 9.69. The monoisotopic (exact) mass is 569 g/mol. The number of ether oxygens (including phenoxy) is 2. The maximum atomic E-state index is 14.3. The van der Waals surface area contributed by atoms with Crippen molar-refractivity contribution in [2.24, 2.45) is 5.92 Å². The molecule has 0 radical (unpaired) electrons. The van der Waals surface area contributed by atoms with Crippen molar-refractivity contribution >= 4 is 34.7 Å². The molecule has 40 heavy (non-hydrogen) atoms. The number of para-hydroxylation sites is 1. The first kappa shape index (κ1) is 27.6. The van der Waals surface area contributed by atoms with Crippen LogP contribution in [-0.2, 0) is 25.3 Å². The van der Waals surface area contributed by atoms with Crippen LogP contribution in [0.1, 0.15) is 47.6 Å². The van der Waals surface area contributed by atoms with E-state index in [0.717, 1.165) is 11.0 Å². The standard InChI is InChI=1S/C30H26F3NO5S/c1-3-39-29(37)27-20(24-12-7-13-40-24)15-23-26(28(27)36)19(17-8-6-9-18(14-17)38-2)16-25(35)34(23)22-11-5-4-10-21(22)30(31,32)33/h4-14,19-20,27H,3,15-16H2,1-2H3/t19-,20+,27-/m0/s1. The van der Waals surface area contributed by atoms with E-state index in [1.54, 1.807) is 48.7 Å². The number of esters is 1. The summed E-state index contributed by atoms with van der Waals surface area (Å²) in [5, 5.41) is 1.80. The van der Waals surface area contributed by atoms with Crippen molar-refractivity contribution in [3.8, 4) is 5.75 Å². The van der Waals surface area contributed by atoms with Gasteiger partial charge >= 0.3 is 12.1 Å². The molecule has 3 atom stereocenters. The van der Waals surface area contributed by atoms with E-state index in [9.17, 15) is 27.6 Å². The number of benzene rings is 2. The molecule has 6 nitrogen and oxygen atoms in total. The summed E-state index contributed by atoms with van der Waals surface area (Å²) in [5.41, 5.74) is -0.415. The minimum absolute atomic E-state index is 0.00344. The van der Waals surface area contributed by atoms with Crippen molar-refractivity contribution in [3.05, 3.63) is 93.3 Å². The van der Waals surface area contributed by atoms with Gasteiger partial charge in [0.1, 0.15) is 11.7 Å². The number of allylic oxidation sites excluding steroid dienone is 2. The molecule has 1 aromatic heterocycles. The normalized spacial score (nSPS) is 21.3. The number of ketones is 1. The molecule has 2 aromatic carbocycles. The highest BCUT2D eigenvalue weighted by molar-refractivity contribution is 7.10. The predicted octanol–water partition coefficient (Wildman–Crippen LogP) is 6.49. The van der Waals surface area contributed by atoms with Crippen LogP contribution >= 0.6 is 11.3 Å². The first-order valence-electron chi connectivity index (χ1n) is 12.8. The van der Waals surface area contributed by atoms with Crippen molar-refractivity contribution in [1.82, 2.24) is 0 Å². The highest BCUT2D eigenvalue weighted by atomic mass is 32.1. The average Bonchev–Trinajstić information content (AvgIpc) is 3.47. The molecule has 0 saturated carbocycles. The number of rotatable bonds is 6. The highest BCUT2D eigenvalue weighted by Gasteiger charge is 2.51. The first-order chi connectivity index (χ1) is 19.2. The molecule has 2 aliphatic rings. The third-order valence-electron chi connectivity index (χ3n) is 7.32. The lowest BCUT2D eigenvalue weighted by molar-refractivity contribution is -0.152. The summed E-state index contributed by atoms with van der Waals surface area (Å²) in [7, 11) is 1.49. The number of halogens is 3. The van der Waals surface area contributed by atoms with E-state index in [-0.39, 0.29) is 36.4 Å². The molecule has 0 saturated heterocycles. The van der Waals surface area contributed by atoms with Crippen molar-refractivity contribution in [2.45, 2.75) is 37.8 Å². The summed E-state index contributed by atoms with van der Waals surface area (Å²) >= 11 is 1.33. The smallest absolute Gasteiger partial charge is 0.418 e. The number of thiophene rings is 1. The molecule has 5 rings (SSSR count). The number of anilines is 1. The molecule has 1 aliphatic carbocycles. The molecule has 208 valence electrons. The lowest BCUT2D eigenvalue weighted by Gasteiger charge is -2.42. The van der Waals surface area contributed by atoms with Crippen LogP contribution in [0.3, 0.4) is 0 Å². The molecule has 0 unspecified atom stereocenters. The molecule has 1 aliphatic heterocycles. The van der Waals surface area contributed by atoms with Gasteiger partial charge in [-0.2, -0.15) is 13.2 Å². The number of methoxy groups -OCH3 is 1. The van der Waals surface area contributed by atoms with Crippen LogP contribution in [0.2, 0.25) is 0 Å². The zero-order valence-electron chi connectivity index (χ0n) is 21.7. The molecule has 1 amide bonds. The van der Waals surface area contributed by atoms with Gasteiger partial charge in [0.05, 0.1) is 25.0 Å². The van der Waals surface area contributed by atoms with E-state index < -0.39 is 47.2 Å². The van der Waals surface area contributed by atoms with Crippen molar-refractivity contribution in [1.29, 1.82) is 0 Å². The van der Waals surface area contributed by atoms with Crippen LogP contribution < -0.4 is 9.64 Å². The Morgan fingerprint density at radius 2 is 1.82 bits per heavy atom. The summed E-state index contributed by atoms with van der Waals surface area (Å²) < 4.78 is 53.0. The Kier molecular flexibility index (Phi) is 7.55. The molecule has 0 N–H and O–H groups in total. The van der Waals surface area contributed by atoms with Gasteiger partial charge in [0.2, 0.25) is 5.91 Å². The van der Waals surface area contributed by atoms with Crippen LogP contribution in [0.4, 0.5) is 18.9 Å². The maximum Gasteiger partial charge on any atom is 0.418 e. The Morgan fingerprint density at radius 3 is 2.50 bits per heavy atom. The Morgan fingerprint density at radius 1 is 1.05 bits per heavy atom. The second-order valence-electron chi connectivity index (χ2n) is 9.56. The van der Waals surface area contributed by atoms with Crippen LogP contribution in [-0.4, -0.2) is 31.4 Å². The summed E-state index contributed by atoms with van der Waals surface area (Å²) in [6, 6.07) is 15.3. The first-order valence-corrected chi connectivity index (χ1v) is 13.6. The van der Waals surface area contributed by atoms with E-state index in [4.69, 9.17) is 9.47 Å². The van der Waals surface area contributed by atoms with E-state index in [2.05, 4.69) is 0 Å². The fraction of sp³-hybridized carbons (Fsp3) is 0.300. The second-order valence-corrected chi connectivity index (χ2v) is 10.5. The summed E-state index contributed by atoms with van der Waals surface area (Å²) in [4.78, 5) is 43.1. The maximum absolute atomic E-state index is 14.3. The van der Waals surface area contributed by atoms with Gasteiger partial charge in [-0.1, -0.05) is 30.3 Å². The number of hydrogen-bond acceptors (Lipinski definition) is 6. The van der Waals surface area contributed by atoms with Gasteiger partial charge < -0.3 is 9.47 Å². The van der Waals surface area contributed by atoms with E-state index >= 15 is 0 Å². The SMILES string of the molecule is CCOC(=O)[C@@H]1C(=O)C2=C(C[C@@H]1c1cccs1)N(c1ccccc1C(F)(F)F)C(=O)C[C@H]2c1cccc(OC)c1. The minimum atomic E-state index is -4.74. The van der Waals surface area contributed by atoms with Gasteiger partial charge in [0.25, 0.3) is 0 Å². The van der Waals surface area contributed by atoms with Gasteiger partial charge in [0, 0.05) is 34.4 Å². The quantitative estimate of drug-likeness (QED) is 0.251. The molecule has 0 bridgehead atoms. The summed E-state index contributed by atoms with van der Waals surface area (Å²) in [6.45, 7) is 1.71. The van der Waals surface area contributed by atoms with E-state index in [1.165, 1.54) is 36.6 Å². The van der Waals surface area contributed by atoms with E-state index in [1.807, 2.05) is 0 Å². The van der Waals surface area contributed by atoms with E-state index in [0.29, 0.717) is 16.2 Å². The largest absolute Gasteiger partial charge is 0.497 e. The number of Topliss-reactive ketones (excluding diaryl/α,β-unsaturated/α-hetero) is 1. The predicted molar refractivity (Wildman–Crippen MR) is 143 cm³/mol. The zero-order valence-corrected chi connectivity index (χ0v) is 22.6. The second kappa shape index (κ2) is 10.9. The number of amides is 1. The van der Waals surface area contributed by atoms with Gasteiger partial charge in [-0.05, 0) is 54.6 Å². The average molecular weight is 570 g/mol. The molecule has 0 fully saturated rings. The number of carbonyl (C=O) groups is 3. The van der Waals surface area contributed by atoms with Crippen LogP contribution in [0, 0.1) is 5.92 Å². The Balaban J connectivity index is 1.76. The third-order valence-corrected chi connectivity index (χ3v) is 8.32. The zero-order chi connectivity index (χ0) is 28.6. The van der Waals surface area contributed by atoms with Crippen molar-refractivity contribution in [2.75, 3.05) is 18.6 Å². The molecule has 3 aromatic rings. The lowest BCUT2D eigenvalue weighted by Crippen LogP contribution is -2.47. The number of carbonyl (C=O) groups excluding carboxylic acids is 3. The number of nitrogens with zero attached hydrogens (tertiary/aromatic N) is 1. The van der Waals surface area contributed by atoms with Gasteiger partial charge in [-0.25, -0.2) is 0 Å².